The second-order valence-corrected chi connectivity index (χ2v) is 5.43. The first kappa shape index (κ1) is 12.9. The maximum absolute atomic E-state index is 4.75. The molecule has 1 atom stereocenters. The molecule has 20 heavy (non-hydrogen) atoms. The van der Waals surface area contributed by atoms with Gasteiger partial charge in [-0.1, -0.05) is 30.1 Å². The molecular formula is C16H21N4+. The first-order valence-corrected chi connectivity index (χ1v) is 7.03. The summed E-state index contributed by atoms with van der Waals surface area (Å²) in [5.74, 6) is 3.63. The Bertz CT molecular complexity index is 651. The first-order chi connectivity index (χ1) is 9.61. The lowest BCUT2D eigenvalue weighted by Crippen LogP contribution is -2.37. The summed E-state index contributed by atoms with van der Waals surface area (Å²) in [6, 6.07) is 10.7. The van der Waals surface area contributed by atoms with Gasteiger partial charge in [0.05, 0.1) is 13.1 Å². The Morgan fingerprint density at radius 2 is 2.10 bits per heavy atom. The number of hydrogen-bond acceptors (Lipinski definition) is 3. The monoisotopic (exact) mass is 269 g/mol. The van der Waals surface area contributed by atoms with Crippen LogP contribution < -0.4 is 14.8 Å². The smallest absolute Gasteiger partial charge is 0.237 e. The van der Waals surface area contributed by atoms with Gasteiger partial charge < -0.3 is 10.2 Å². The molecule has 0 spiro atoms. The van der Waals surface area contributed by atoms with E-state index in [9.17, 15) is 0 Å². The fourth-order valence-corrected chi connectivity index (χ4v) is 2.88. The summed E-state index contributed by atoms with van der Waals surface area (Å²) < 4.78 is 2.06. The largest absolute Gasteiger partial charge is 0.312 e. The van der Waals surface area contributed by atoms with Crippen LogP contribution in [0.2, 0.25) is 0 Å². The van der Waals surface area contributed by atoms with E-state index in [0.717, 1.165) is 24.0 Å². The van der Waals surface area contributed by atoms with Crippen molar-refractivity contribution < 1.29 is 4.57 Å². The SMILES string of the molecule is CNc1cc(N2CC(C)c3ccccc32)nc(C)[n+]1C. The molecule has 0 bridgehead atoms. The third-order valence-corrected chi connectivity index (χ3v) is 4.14. The molecule has 1 aliphatic heterocycles. The maximum Gasteiger partial charge on any atom is 0.237 e. The zero-order chi connectivity index (χ0) is 14.3. The second-order valence-electron chi connectivity index (χ2n) is 5.43. The normalized spacial score (nSPS) is 17.2. The highest BCUT2D eigenvalue weighted by molar-refractivity contribution is 5.69. The number of aryl methyl sites for hydroxylation is 1. The number of nitrogens with zero attached hydrogens (tertiary/aromatic N) is 3. The highest BCUT2D eigenvalue weighted by Crippen LogP contribution is 2.39. The molecule has 0 saturated carbocycles. The van der Waals surface area contributed by atoms with Crippen molar-refractivity contribution in [2.75, 3.05) is 23.8 Å². The van der Waals surface area contributed by atoms with Crippen LogP contribution in [0.5, 0.6) is 0 Å². The fraction of sp³-hybridized carbons (Fsp3) is 0.375. The lowest BCUT2D eigenvalue weighted by atomic mass is 10.0. The molecule has 0 radical (unpaired) electrons. The predicted octanol–water partition coefficient (Wildman–Crippen LogP) is 2.51. The molecule has 4 heteroatoms. The molecular weight excluding hydrogens is 248 g/mol. The van der Waals surface area contributed by atoms with Crippen LogP contribution in [0.3, 0.4) is 0 Å². The topological polar surface area (TPSA) is 32.0 Å². The Morgan fingerprint density at radius 1 is 1.35 bits per heavy atom. The van der Waals surface area contributed by atoms with Crippen molar-refractivity contribution in [3.05, 3.63) is 41.7 Å². The third kappa shape index (κ3) is 1.92. The van der Waals surface area contributed by atoms with Crippen LogP contribution in [-0.4, -0.2) is 18.6 Å². The molecule has 1 aliphatic rings. The van der Waals surface area contributed by atoms with Gasteiger partial charge in [-0.25, -0.2) is 4.57 Å². The van der Waals surface area contributed by atoms with Crippen molar-refractivity contribution >= 4 is 17.3 Å². The molecule has 2 heterocycles. The molecule has 1 aromatic carbocycles. The van der Waals surface area contributed by atoms with Gasteiger partial charge in [0.25, 0.3) is 0 Å². The first-order valence-electron chi connectivity index (χ1n) is 7.03. The van der Waals surface area contributed by atoms with Crippen LogP contribution in [0.15, 0.2) is 30.3 Å². The van der Waals surface area contributed by atoms with Gasteiger partial charge in [-0.2, -0.15) is 0 Å². The van der Waals surface area contributed by atoms with Gasteiger partial charge in [-0.3, -0.25) is 0 Å². The second kappa shape index (κ2) is 4.78. The van der Waals surface area contributed by atoms with Crippen LogP contribution in [-0.2, 0) is 7.05 Å². The van der Waals surface area contributed by atoms with Crippen molar-refractivity contribution in [2.45, 2.75) is 19.8 Å². The van der Waals surface area contributed by atoms with Crippen LogP contribution in [0.25, 0.3) is 0 Å². The van der Waals surface area contributed by atoms with Gasteiger partial charge in [0, 0.05) is 32.1 Å². The number of fused-ring (bicyclic) bond motifs is 1. The summed E-state index contributed by atoms with van der Waals surface area (Å²) in [7, 11) is 3.97. The molecule has 0 amide bonds. The number of benzene rings is 1. The predicted molar refractivity (Wildman–Crippen MR) is 81.6 cm³/mol. The number of nitrogens with one attached hydrogen (secondary N) is 1. The van der Waals surface area contributed by atoms with E-state index in [1.807, 2.05) is 21.0 Å². The number of anilines is 3. The molecule has 104 valence electrons. The van der Waals surface area contributed by atoms with Crippen molar-refractivity contribution in [2.24, 2.45) is 7.05 Å². The zero-order valence-electron chi connectivity index (χ0n) is 12.5. The third-order valence-electron chi connectivity index (χ3n) is 4.14. The molecule has 0 aliphatic carbocycles. The summed E-state index contributed by atoms with van der Waals surface area (Å²) >= 11 is 0. The Labute approximate surface area is 120 Å². The van der Waals surface area contributed by atoms with Crippen LogP contribution in [0, 0.1) is 6.92 Å². The summed E-state index contributed by atoms with van der Waals surface area (Å²) in [6.45, 7) is 5.30. The van der Waals surface area contributed by atoms with Crippen molar-refractivity contribution in [3.8, 4) is 0 Å². The standard InChI is InChI=1S/C16H20N4/c1-11-10-20(14-8-6-5-7-13(11)14)16-9-15(17-3)19(4)12(2)18-16/h5-9,11H,10H2,1-4H3/p+1. The maximum atomic E-state index is 4.75. The summed E-state index contributed by atoms with van der Waals surface area (Å²) in [6.07, 6.45) is 0. The Balaban J connectivity index is 2.09. The fourth-order valence-electron chi connectivity index (χ4n) is 2.88. The van der Waals surface area contributed by atoms with Crippen LogP contribution >= 0.6 is 0 Å². The van der Waals surface area contributed by atoms with Crippen molar-refractivity contribution in [1.82, 2.24) is 4.98 Å². The van der Waals surface area contributed by atoms with E-state index >= 15 is 0 Å². The van der Waals surface area contributed by atoms with E-state index in [1.54, 1.807) is 0 Å². The Morgan fingerprint density at radius 3 is 2.85 bits per heavy atom. The van der Waals surface area contributed by atoms with Gasteiger partial charge in [0.2, 0.25) is 17.5 Å². The van der Waals surface area contributed by atoms with Gasteiger partial charge in [0.15, 0.2) is 0 Å². The summed E-state index contributed by atoms with van der Waals surface area (Å²) in [4.78, 5) is 7.06. The molecule has 3 rings (SSSR count). The molecule has 0 fully saturated rings. The van der Waals surface area contributed by atoms with E-state index < -0.39 is 0 Å². The quantitative estimate of drug-likeness (QED) is 0.850. The van der Waals surface area contributed by atoms with Gasteiger partial charge >= 0.3 is 0 Å². The minimum Gasteiger partial charge on any atom is -0.312 e. The molecule has 1 aromatic heterocycles. The van der Waals surface area contributed by atoms with E-state index in [0.29, 0.717) is 5.92 Å². The van der Waals surface area contributed by atoms with E-state index in [2.05, 4.69) is 52.0 Å². The highest BCUT2D eigenvalue weighted by atomic mass is 15.2. The van der Waals surface area contributed by atoms with Gasteiger partial charge in [-0.15, -0.1) is 0 Å². The molecule has 4 nitrogen and oxygen atoms in total. The Hall–Kier alpha value is -2.10. The number of para-hydroxylation sites is 1. The summed E-state index contributed by atoms with van der Waals surface area (Å²) in [5, 5.41) is 3.23. The van der Waals surface area contributed by atoms with Crippen molar-refractivity contribution in [1.29, 1.82) is 0 Å². The van der Waals surface area contributed by atoms with Crippen molar-refractivity contribution in [3.63, 3.8) is 0 Å². The highest BCUT2D eigenvalue weighted by Gasteiger charge is 2.29. The number of rotatable bonds is 2. The molecule has 1 N–H and O–H groups in total. The molecule has 2 aromatic rings. The minimum absolute atomic E-state index is 0.542. The van der Waals surface area contributed by atoms with Gasteiger partial charge in [-0.05, 0) is 11.6 Å². The van der Waals surface area contributed by atoms with E-state index in [4.69, 9.17) is 4.98 Å². The molecule has 0 saturated heterocycles. The van der Waals surface area contributed by atoms with E-state index in [1.165, 1.54) is 11.3 Å². The average Bonchev–Trinajstić information content (AvgIpc) is 2.80. The molecule has 1 unspecified atom stereocenters. The minimum atomic E-state index is 0.542. The Kier molecular flexibility index (Phi) is 3.08. The van der Waals surface area contributed by atoms with E-state index in [-0.39, 0.29) is 0 Å². The lowest BCUT2D eigenvalue weighted by Gasteiger charge is -2.17. The zero-order valence-corrected chi connectivity index (χ0v) is 12.5. The van der Waals surface area contributed by atoms with Crippen LogP contribution in [0.4, 0.5) is 17.3 Å². The van der Waals surface area contributed by atoms with Gasteiger partial charge in [0.1, 0.15) is 0 Å². The summed E-state index contributed by atoms with van der Waals surface area (Å²) in [5.41, 5.74) is 2.69. The number of aromatic nitrogens is 2. The lowest BCUT2D eigenvalue weighted by molar-refractivity contribution is -0.666. The average molecular weight is 269 g/mol. The number of hydrogen-bond donors (Lipinski definition) is 1. The van der Waals surface area contributed by atoms with Crippen LogP contribution in [0.1, 0.15) is 24.2 Å².